The van der Waals surface area contributed by atoms with Gasteiger partial charge in [-0.1, -0.05) is 0 Å². The van der Waals surface area contributed by atoms with Crippen LogP contribution in [0.15, 0.2) is 30.5 Å². The number of nitrogens with one attached hydrogen (secondary N) is 1. The largest absolute Gasteiger partial charge is 0.493 e. The lowest BCUT2D eigenvalue weighted by molar-refractivity contribution is 0.355. The highest BCUT2D eigenvalue weighted by molar-refractivity contribution is 5.64. The summed E-state index contributed by atoms with van der Waals surface area (Å²) in [6, 6.07) is 7.97. The van der Waals surface area contributed by atoms with Crippen LogP contribution in [0.3, 0.4) is 0 Å². The number of hydrogen-bond donors (Lipinski definition) is 1. The van der Waals surface area contributed by atoms with Gasteiger partial charge in [-0.2, -0.15) is 0 Å². The molecule has 0 spiro atoms. The Morgan fingerprint density at radius 1 is 1.00 bits per heavy atom. The third-order valence-corrected chi connectivity index (χ3v) is 2.52. The summed E-state index contributed by atoms with van der Waals surface area (Å²) in [6.45, 7) is 2.06. The van der Waals surface area contributed by atoms with Gasteiger partial charge in [0.05, 0.1) is 14.2 Å². The van der Waals surface area contributed by atoms with E-state index in [1.165, 1.54) is 5.56 Å². The van der Waals surface area contributed by atoms with E-state index in [1.807, 2.05) is 24.4 Å². The van der Waals surface area contributed by atoms with Gasteiger partial charge in [0, 0.05) is 17.5 Å². The number of aromatic nitrogens is 1. The second-order valence-corrected chi connectivity index (χ2v) is 3.66. The van der Waals surface area contributed by atoms with E-state index in [1.54, 1.807) is 14.2 Å². The normalized spacial score (nSPS) is 10.2. The highest BCUT2D eigenvalue weighted by Crippen LogP contribution is 2.31. The molecule has 0 saturated carbocycles. The molecule has 0 saturated heterocycles. The summed E-state index contributed by atoms with van der Waals surface area (Å²) < 4.78 is 10.5. The van der Waals surface area contributed by atoms with Gasteiger partial charge in [-0.3, -0.25) is 0 Å². The molecule has 0 atom stereocenters. The zero-order valence-electron chi connectivity index (χ0n) is 9.70. The van der Waals surface area contributed by atoms with Crippen molar-refractivity contribution >= 4 is 0 Å². The molecule has 3 nitrogen and oxygen atoms in total. The Bertz CT molecular complexity index is 488. The van der Waals surface area contributed by atoms with Crippen molar-refractivity contribution in [1.29, 1.82) is 0 Å². The van der Waals surface area contributed by atoms with E-state index < -0.39 is 0 Å². The molecular weight excluding hydrogens is 202 g/mol. The number of rotatable bonds is 3. The Labute approximate surface area is 95.0 Å². The Kier molecular flexibility index (Phi) is 2.86. The van der Waals surface area contributed by atoms with E-state index in [-0.39, 0.29) is 0 Å². The van der Waals surface area contributed by atoms with Crippen molar-refractivity contribution in [2.45, 2.75) is 6.92 Å². The maximum absolute atomic E-state index is 5.27. The summed E-state index contributed by atoms with van der Waals surface area (Å²) in [6.07, 6.45) is 1.98. The van der Waals surface area contributed by atoms with Crippen molar-refractivity contribution in [1.82, 2.24) is 4.98 Å². The van der Waals surface area contributed by atoms with Crippen molar-refractivity contribution < 1.29 is 9.47 Å². The lowest BCUT2D eigenvalue weighted by Gasteiger charge is -2.08. The van der Waals surface area contributed by atoms with Gasteiger partial charge in [0.1, 0.15) is 0 Å². The van der Waals surface area contributed by atoms with Crippen LogP contribution in [-0.4, -0.2) is 19.2 Å². The van der Waals surface area contributed by atoms with E-state index in [0.717, 1.165) is 22.8 Å². The summed E-state index contributed by atoms with van der Waals surface area (Å²) in [5, 5.41) is 0. The molecule has 84 valence electrons. The minimum Gasteiger partial charge on any atom is -0.493 e. The first-order chi connectivity index (χ1) is 7.74. The number of ether oxygens (including phenoxy) is 2. The topological polar surface area (TPSA) is 34.2 Å². The molecule has 1 N–H and O–H groups in total. The van der Waals surface area contributed by atoms with E-state index in [4.69, 9.17) is 9.47 Å². The van der Waals surface area contributed by atoms with Gasteiger partial charge in [-0.25, -0.2) is 0 Å². The Balaban J connectivity index is 2.43. The van der Waals surface area contributed by atoms with Crippen LogP contribution < -0.4 is 9.47 Å². The molecule has 16 heavy (non-hydrogen) atoms. The second kappa shape index (κ2) is 4.31. The molecule has 1 aromatic heterocycles. The molecule has 0 bridgehead atoms. The van der Waals surface area contributed by atoms with Crippen molar-refractivity contribution in [3.63, 3.8) is 0 Å². The molecule has 0 aliphatic rings. The molecule has 0 amide bonds. The van der Waals surface area contributed by atoms with E-state index >= 15 is 0 Å². The van der Waals surface area contributed by atoms with Crippen LogP contribution >= 0.6 is 0 Å². The molecule has 1 heterocycles. The molecule has 0 radical (unpaired) electrons. The Morgan fingerprint density at radius 2 is 1.75 bits per heavy atom. The lowest BCUT2D eigenvalue weighted by atomic mass is 10.1. The molecule has 0 fully saturated rings. The molecule has 2 rings (SSSR count). The summed E-state index contributed by atoms with van der Waals surface area (Å²) in [5.41, 5.74) is 3.38. The molecule has 0 aliphatic heterocycles. The van der Waals surface area contributed by atoms with Crippen LogP contribution in [0.1, 0.15) is 5.56 Å². The van der Waals surface area contributed by atoms with Crippen LogP contribution in [0, 0.1) is 6.92 Å². The molecule has 1 aromatic carbocycles. The summed E-state index contributed by atoms with van der Waals surface area (Å²) in [4.78, 5) is 3.21. The number of H-pyrrole nitrogens is 1. The first kappa shape index (κ1) is 10.6. The van der Waals surface area contributed by atoms with Crippen molar-refractivity contribution in [2.24, 2.45) is 0 Å². The van der Waals surface area contributed by atoms with E-state index in [2.05, 4.69) is 18.0 Å². The smallest absolute Gasteiger partial charge is 0.161 e. The average molecular weight is 217 g/mol. The van der Waals surface area contributed by atoms with Crippen LogP contribution in [0.4, 0.5) is 0 Å². The van der Waals surface area contributed by atoms with Crippen LogP contribution in [0.2, 0.25) is 0 Å². The second-order valence-electron chi connectivity index (χ2n) is 3.66. The van der Waals surface area contributed by atoms with Crippen LogP contribution in [0.5, 0.6) is 11.5 Å². The summed E-state index contributed by atoms with van der Waals surface area (Å²) in [5.74, 6) is 1.49. The summed E-state index contributed by atoms with van der Waals surface area (Å²) >= 11 is 0. The molecular formula is C13H15NO2. The van der Waals surface area contributed by atoms with Crippen molar-refractivity contribution in [2.75, 3.05) is 14.2 Å². The molecule has 0 aliphatic carbocycles. The predicted octanol–water partition coefficient (Wildman–Crippen LogP) is 3.01. The predicted molar refractivity (Wildman–Crippen MR) is 64.1 cm³/mol. The van der Waals surface area contributed by atoms with Gasteiger partial charge in [0.25, 0.3) is 0 Å². The zero-order chi connectivity index (χ0) is 11.5. The first-order valence-electron chi connectivity index (χ1n) is 5.12. The van der Waals surface area contributed by atoms with Gasteiger partial charge in [0.2, 0.25) is 0 Å². The SMILES string of the molecule is COc1ccc(-c2cc(C)c[nH]2)cc1OC. The van der Waals surface area contributed by atoms with Gasteiger partial charge in [-0.15, -0.1) is 0 Å². The van der Waals surface area contributed by atoms with Crippen molar-refractivity contribution in [3.8, 4) is 22.8 Å². The van der Waals surface area contributed by atoms with Gasteiger partial charge in [0.15, 0.2) is 11.5 Å². The quantitative estimate of drug-likeness (QED) is 0.857. The zero-order valence-corrected chi connectivity index (χ0v) is 9.70. The fraction of sp³-hybridized carbons (Fsp3) is 0.231. The third kappa shape index (κ3) is 1.89. The number of benzene rings is 1. The average Bonchev–Trinajstić information content (AvgIpc) is 2.75. The molecule has 0 unspecified atom stereocenters. The van der Waals surface area contributed by atoms with Crippen LogP contribution in [-0.2, 0) is 0 Å². The van der Waals surface area contributed by atoms with Gasteiger partial charge >= 0.3 is 0 Å². The fourth-order valence-electron chi connectivity index (χ4n) is 1.67. The standard InChI is InChI=1S/C13H15NO2/c1-9-6-11(14-8-9)10-4-5-12(15-2)13(7-10)16-3/h4-8,14H,1-3H3. The number of aryl methyl sites for hydroxylation is 1. The number of hydrogen-bond acceptors (Lipinski definition) is 2. The molecule has 2 aromatic rings. The molecule has 3 heteroatoms. The van der Waals surface area contributed by atoms with E-state index in [0.29, 0.717) is 0 Å². The van der Waals surface area contributed by atoms with Crippen molar-refractivity contribution in [3.05, 3.63) is 36.0 Å². The van der Waals surface area contributed by atoms with Crippen LogP contribution in [0.25, 0.3) is 11.3 Å². The van der Waals surface area contributed by atoms with Gasteiger partial charge in [-0.05, 0) is 36.8 Å². The highest BCUT2D eigenvalue weighted by Gasteiger charge is 2.06. The number of aromatic amines is 1. The maximum Gasteiger partial charge on any atom is 0.161 e. The first-order valence-corrected chi connectivity index (χ1v) is 5.12. The van der Waals surface area contributed by atoms with E-state index in [9.17, 15) is 0 Å². The minimum atomic E-state index is 0.743. The number of methoxy groups -OCH3 is 2. The lowest BCUT2D eigenvalue weighted by Crippen LogP contribution is -1.90. The highest BCUT2D eigenvalue weighted by atomic mass is 16.5. The minimum absolute atomic E-state index is 0.743. The monoisotopic (exact) mass is 217 g/mol. The third-order valence-electron chi connectivity index (χ3n) is 2.52. The maximum atomic E-state index is 5.27. The fourth-order valence-corrected chi connectivity index (χ4v) is 1.67. The van der Waals surface area contributed by atoms with Gasteiger partial charge < -0.3 is 14.5 Å². The Morgan fingerprint density at radius 3 is 2.31 bits per heavy atom. The summed E-state index contributed by atoms with van der Waals surface area (Å²) in [7, 11) is 3.28. The Hall–Kier alpha value is -1.90.